The number of Topliss-reactive ketones (excluding diaryl/α,β-unsaturated/α-hetero) is 1. The number of rotatable bonds is 6. The largest absolute Gasteiger partial charge is 0.454 e. The summed E-state index contributed by atoms with van der Waals surface area (Å²) in [5, 5.41) is 2.53. The molecule has 4 rings (SSSR count). The van der Waals surface area contributed by atoms with Crippen LogP contribution in [-0.2, 0) is 23.9 Å². The molecule has 0 aromatic heterocycles. The second kappa shape index (κ2) is 7.27. The number of imide groups is 1. The first-order valence-electron chi connectivity index (χ1n) is 9.45. The second-order valence-electron chi connectivity index (χ2n) is 7.61. The van der Waals surface area contributed by atoms with Crippen LogP contribution in [0.5, 0.6) is 0 Å². The van der Waals surface area contributed by atoms with Crippen LogP contribution < -0.4 is 5.32 Å². The molecule has 0 unspecified atom stereocenters. The van der Waals surface area contributed by atoms with E-state index in [0.29, 0.717) is 11.3 Å². The van der Waals surface area contributed by atoms with Gasteiger partial charge in [0, 0.05) is 11.3 Å². The minimum absolute atomic E-state index is 0.0685. The minimum atomic E-state index is -0.820. The average Bonchev–Trinajstić information content (AvgIpc) is 3.37. The number of nitrogens with zero attached hydrogens (tertiary/aromatic N) is 1. The monoisotopic (exact) mass is 396 g/mol. The molecule has 1 N–H and O–H groups in total. The highest BCUT2D eigenvalue weighted by Crippen LogP contribution is 2.52. The molecular weight excluding hydrogens is 376 g/mol. The first-order chi connectivity index (χ1) is 13.8. The van der Waals surface area contributed by atoms with Gasteiger partial charge in [0.15, 0.2) is 12.4 Å². The van der Waals surface area contributed by atoms with Gasteiger partial charge in [0.25, 0.3) is 5.91 Å². The molecule has 4 atom stereocenters. The van der Waals surface area contributed by atoms with E-state index in [0.717, 1.165) is 11.3 Å². The van der Waals surface area contributed by atoms with Gasteiger partial charge in [-0.1, -0.05) is 24.3 Å². The summed E-state index contributed by atoms with van der Waals surface area (Å²) in [6.45, 7) is 0.371. The molecule has 0 radical (unpaired) electrons. The number of carbonyl (C=O) groups is 5. The summed E-state index contributed by atoms with van der Waals surface area (Å²) in [5.41, 5.74) is 0.847. The van der Waals surface area contributed by atoms with Crippen molar-refractivity contribution in [1.29, 1.82) is 0 Å². The third-order valence-electron chi connectivity index (χ3n) is 5.77. The number of fused-ring (bicyclic) bond motifs is 5. The number of hydrogen-bond acceptors (Lipinski definition) is 6. The summed E-state index contributed by atoms with van der Waals surface area (Å²) in [6.07, 6.45) is 4.77. The molecule has 3 aliphatic rings. The maximum absolute atomic E-state index is 12.5. The summed E-state index contributed by atoms with van der Waals surface area (Å²) in [5.74, 6) is -2.82. The fraction of sp³-hybridized carbons (Fsp3) is 0.381. The van der Waals surface area contributed by atoms with E-state index in [2.05, 4.69) is 5.32 Å². The standard InChI is InChI=1S/C21H20N2O6/c1-11(24)12-3-2-4-15(8-12)22-16(25)10-29-17(26)9-23-20(27)18-13-5-6-14(7-13)19(18)21(23)28/h2-6,8,13-14,18-19H,7,9-10H2,1H3,(H,22,25)/t13-,14+,18-,19+. The number of allylic oxidation sites excluding steroid dienone is 2. The molecule has 1 heterocycles. The van der Waals surface area contributed by atoms with E-state index < -0.39 is 25.0 Å². The lowest BCUT2D eigenvalue weighted by Gasteiger charge is -2.16. The Kier molecular flexibility index (Phi) is 4.77. The molecule has 29 heavy (non-hydrogen) atoms. The normalized spacial score (nSPS) is 26.6. The van der Waals surface area contributed by atoms with Gasteiger partial charge in [-0.15, -0.1) is 0 Å². The number of carbonyl (C=O) groups excluding carboxylic acids is 5. The predicted molar refractivity (Wildman–Crippen MR) is 100 cm³/mol. The van der Waals surface area contributed by atoms with Crippen molar-refractivity contribution < 1.29 is 28.7 Å². The Balaban J connectivity index is 1.29. The van der Waals surface area contributed by atoms with Crippen LogP contribution in [0.4, 0.5) is 5.69 Å². The Hall–Kier alpha value is -3.29. The molecule has 2 fully saturated rings. The van der Waals surface area contributed by atoms with E-state index in [1.165, 1.54) is 13.0 Å². The minimum Gasteiger partial charge on any atom is -0.454 e. The van der Waals surface area contributed by atoms with Crippen molar-refractivity contribution in [3.05, 3.63) is 42.0 Å². The molecule has 1 saturated carbocycles. The zero-order chi connectivity index (χ0) is 20.7. The van der Waals surface area contributed by atoms with Gasteiger partial charge < -0.3 is 10.1 Å². The fourth-order valence-corrected chi connectivity index (χ4v) is 4.45. The summed E-state index contributed by atoms with van der Waals surface area (Å²) in [7, 11) is 0. The van der Waals surface area contributed by atoms with E-state index >= 15 is 0 Å². The number of hydrogen-bond donors (Lipinski definition) is 1. The van der Waals surface area contributed by atoms with Gasteiger partial charge in [0.2, 0.25) is 11.8 Å². The van der Waals surface area contributed by atoms with E-state index in [1.807, 2.05) is 12.2 Å². The van der Waals surface area contributed by atoms with Gasteiger partial charge in [0.05, 0.1) is 11.8 Å². The van der Waals surface area contributed by atoms with Gasteiger partial charge in [-0.3, -0.25) is 28.9 Å². The number of ketones is 1. The third kappa shape index (κ3) is 3.46. The van der Waals surface area contributed by atoms with Gasteiger partial charge in [-0.2, -0.15) is 0 Å². The van der Waals surface area contributed by atoms with Crippen LogP contribution in [0.3, 0.4) is 0 Å². The Labute approximate surface area is 166 Å². The van der Waals surface area contributed by atoms with Crippen LogP contribution in [0, 0.1) is 23.7 Å². The van der Waals surface area contributed by atoms with Gasteiger partial charge in [-0.25, -0.2) is 0 Å². The van der Waals surface area contributed by atoms with E-state index in [4.69, 9.17) is 4.74 Å². The predicted octanol–water partition coefficient (Wildman–Crippen LogP) is 1.18. The summed E-state index contributed by atoms with van der Waals surface area (Å²) in [4.78, 5) is 61.5. The SMILES string of the molecule is CC(=O)c1cccc(NC(=O)COC(=O)CN2C(=O)[C@@H]3[C@H](C2=O)[C@@H]2C=C[C@H]3C2)c1. The molecule has 1 saturated heterocycles. The van der Waals surface area contributed by atoms with Crippen molar-refractivity contribution in [3.63, 3.8) is 0 Å². The second-order valence-corrected chi connectivity index (χ2v) is 7.61. The van der Waals surface area contributed by atoms with Crippen LogP contribution in [-0.4, -0.2) is 47.5 Å². The quantitative estimate of drug-likeness (QED) is 0.335. The highest BCUT2D eigenvalue weighted by atomic mass is 16.5. The molecule has 2 aliphatic carbocycles. The molecule has 8 heteroatoms. The highest BCUT2D eigenvalue weighted by molar-refractivity contribution is 6.08. The number of ether oxygens (including phenoxy) is 1. The summed E-state index contributed by atoms with van der Waals surface area (Å²) < 4.78 is 4.92. The fourth-order valence-electron chi connectivity index (χ4n) is 4.45. The Morgan fingerprint density at radius 3 is 2.38 bits per heavy atom. The van der Waals surface area contributed by atoms with E-state index in [1.54, 1.807) is 18.2 Å². The van der Waals surface area contributed by atoms with Crippen LogP contribution in [0.1, 0.15) is 23.7 Å². The van der Waals surface area contributed by atoms with Crippen LogP contribution >= 0.6 is 0 Å². The molecule has 1 aliphatic heterocycles. The van der Waals surface area contributed by atoms with Crippen molar-refractivity contribution in [2.75, 3.05) is 18.5 Å². The average molecular weight is 396 g/mol. The molecule has 1 aromatic carbocycles. The van der Waals surface area contributed by atoms with Crippen molar-refractivity contribution in [3.8, 4) is 0 Å². The maximum Gasteiger partial charge on any atom is 0.326 e. The maximum atomic E-state index is 12.5. The van der Waals surface area contributed by atoms with Crippen molar-refractivity contribution in [2.45, 2.75) is 13.3 Å². The van der Waals surface area contributed by atoms with Gasteiger partial charge in [-0.05, 0) is 37.3 Å². The number of anilines is 1. The zero-order valence-corrected chi connectivity index (χ0v) is 15.8. The number of benzene rings is 1. The molecular formula is C21H20N2O6. The van der Waals surface area contributed by atoms with Crippen LogP contribution in [0.25, 0.3) is 0 Å². The van der Waals surface area contributed by atoms with E-state index in [-0.39, 0.29) is 41.3 Å². The molecule has 3 amide bonds. The molecule has 8 nitrogen and oxygen atoms in total. The van der Waals surface area contributed by atoms with Crippen molar-refractivity contribution in [1.82, 2.24) is 4.90 Å². The molecule has 150 valence electrons. The summed E-state index contributed by atoms with van der Waals surface area (Å²) >= 11 is 0. The lowest BCUT2D eigenvalue weighted by Crippen LogP contribution is -2.38. The molecule has 1 aromatic rings. The van der Waals surface area contributed by atoms with Crippen LogP contribution in [0.2, 0.25) is 0 Å². The smallest absolute Gasteiger partial charge is 0.326 e. The topological polar surface area (TPSA) is 110 Å². The number of amides is 3. The van der Waals surface area contributed by atoms with Crippen molar-refractivity contribution >= 4 is 35.2 Å². The molecule has 0 spiro atoms. The Morgan fingerprint density at radius 2 is 1.76 bits per heavy atom. The lowest BCUT2D eigenvalue weighted by atomic mass is 9.85. The van der Waals surface area contributed by atoms with Gasteiger partial charge >= 0.3 is 5.97 Å². The number of esters is 1. The zero-order valence-electron chi connectivity index (χ0n) is 15.8. The van der Waals surface area contributed by atoms with E-state index in [9.17, 15) is 24.0 Å². The first-order valence-corrected chi connectivity index (χ1v) is 9.45. The Morgan fingerprint density at radius 1 is 1.10 bits per heavy atom. The van der Waals surface area contributed by atoms with Crippen LogP contribution in [0.15, 0.2) is 36.4 Å². The summed E-state index contributed by atoms with van der Waals surface area (Å²) in [6, 6.07) is 6.38. The Bertz CT molecular complexity index is 922. The first kappa shape index (κ1) is 19.0. The van der Waals surface area contributed by atoms with Crippen molar-refractivity contribution in [2.24, 2.45) is 23.7 Å². The third-order valence-corrected chi connectivity index (χ3v) is 5.77. The van der Waals surface area contributed by atoms with Gasteiger partial charge in [0.1, 0.15) is 6.54 Å². The number of likely N-dealkylation sites (tertiary alicyclic amines) is 1. The highest BCUT2D eigenvalue weighted by Gasteiger charge is 2.59. The lowest BCUT2D eigenvalue weighted by molar-refractivity contribution is -0.154. The molecule has 2 bridgehead atoms. The number of nitrogens with one attached hydrogen (secondary N) is 1.